The maximum atomic E-state index is 12.2. The number of carbonyl (C=O) groups excluding carboxylic acids is 1. The number of nitrogens with zero attached hydrogens (tertiary/aromatic N) is 3. The molecule has 8 nitrogen and oxygen atoms in total. The van der Waals surface area contributed by atoms with E-state index in [-0.39, 0.29) is 12.4 Å². The van der Waals surface area contributed by atoms with Crippen LogP contribution in [0.3, 0.4) is 0 Å². The van der Waals surface area contributed by atoms with Crippen LogP contribution in [0.4, 0.5) is 16.2 Å². The Hall–Kier alpha value is -2.52. The molecule has 148 valence electrons. The number of aryl methyl sites for hydroxylation is 1. The second-order valence-corrected chi connectivity index (χ2v) is 7.04. The van der Waals surface area contributed by atoms with E-state index >= 15 is 0 Å². The van der Waals surface area contributed by atoms with Gasteiger partial charge in [-0.3, -0.25) is 14.8 Å². The van der Waals surface area contributed by atoms with Crippen molar-refractivity contribution < 1.29 is 14.3 Å². The van der Waals surface area contributed by atoms with Crippen molar-refractivity contribution in [2.75, 3.05) is 43.6 Å². The lowest BCUT2D eigenvalue weighted by atomic mass is 10.1. The molecular weight excluding hydrogens is 358 g/mol. The van der Waals surface area contributed by atoms with Gasteiger partial charge in [0.25, 0.3) is 0 Å². The molecule has 4 rings (SSSR count). The van der Waals surface area contributed by atoms with E-state index in [2.05, 4.69) is 31.5 Å². The standard InChI is InChI=1S/C20H25N5O3/c1-15-5-6-18(12-21-15)23-19(26)22-17-4-2-3-16(11-17)13-24-7-9-25(10-8-24)20-27-14-28-20/h2-6,11-12,20H,7-10,13-14H2,1H3,(H2,22,23,26). The fraction of sp³-hybridized carbons (Fsp3) is 0.400. The molecule has 2 N–H and O–H groups in total. The Morgan fingerprint density at radius 2 is 1.89 bits per heavy atom. The summed E-state index contributed by atoms with van der Waals surface area (Å²) in [7, 11) is 0. The third kappa shape index (κ3) is 4.85. The van der Waals surface area contributed by atoms with Crippen LogP contribution in [0.5, 0.6) is 0 Å². The van der Waals surface area contributed by atoms with Gasteiger partial charge < -0.3 is 20.1 Å². The van der Waals surface area contributed by atoms with Gasteiger partial charge >= 0.3 is 6.03 Å². The summed E-state index contributed by atoms with van der Waals surface area (Å²) in [6.07, 6.45) is 1.49. The van der Waals surface area contributed by atoms with Crippen LogP contribution in [0.1, 0.15) is 11.3 Å². The fourth-order valence-electron chi connectivity index (χ4n) is 3.31. The van der Waals surface area contributed by atoms with Crippen LogP contribution < -0.4 is 10.6 Å². The molecule has 0 bridgehead atoms. The number of benzene rings is 1. The smallest absolute Gasteiger partial charge is 0.313 e. The van der Waals surface area contributed by atoms with E-state index in [1.165, 1.54) is 5.56 Å². The number of rotatable bonds is 5. The van der Waals surface area contributed by atoms with Gasteiger partial charge in [0.05, 0.1) is 11.9 Å². The van der Waals surface area contributed by atoms with E-state index in [1.807, 2.05) is 37.3 Å². The molecule has 2 amide bonds. The molecule has 0 radical (unpaired) electrons. The number of nitrogens with one attached hydrogen (secondary N) is 2. The van der Waals surface area contributed by atoms with Crippen molar-refractivity contribution in [2.45, 2.75) is 19.9 Å². The second kappa shape index (κ2) is 8.66. The topological polar surface area (TPSA) is 79.0 Å². The van der Waals surface area contributed by atoms with Gasteiger partial charge in [-0.2, -0.15) is 0 Å². The van der Waals surface area contributed by atoms with Gasteiger partial charge in [0, 0.05) is 44.1 Å². The van der Waals surface area contributed by atoms with Gasteiger partial charge in [-0.05, 0) is 36.8 Å². The number of carbonyl (C=O) groups is 1. The molecule has 2 aliphatic heterocycles. The number of amides is 2. The van der Waals surface area contributed by atoms with Gasteiger partial charge in [-0.15, -0.1) is 0 Å². The number of piperazine rings is 1. The van der Waals surface area contributed by atoms with E-state index in [0.29, 0.717) is 12.5 Å². The zero-order chi connectivity index (χ0) is 19.3. The minimum absolute atomic E-state index is 0.156. The number of pyridine rings is 1. The predicted octanol–water partition coefficient (Wildman–Crippen LogP) is 2.44. The van der Waals surface area contributed by atoms with Crippen molar-refractivity contribution in [1.29, 1.82) is 0 Å². The van der Waals surface area contributed by atoms with Crippen LogP contribution in [-0.2, 0) is 16.0 Å². The number of anilines is 2. The Balaban J connectivity index is 1.28. The Morgan fingerprint density at radius 3 is 2.57 bits per heavy atom. The highest BCUT2D eigenvalue weighted by Gasteiger charge is 2.29. The summed E-state index contributed by atoms with van der Waals surface area (Å²) < 4.78 is 10.7. The third-order valence-corrected chi connectivity index (χ3v) is 4.89. The normalized spacial score (nSPS) is 18.5. The Labute approximate surface area is 164 Å². The zero-order valence-electron chi connectivity index (χ0n) is 15.9. The molecular formula is C20H25N5O3. The van der Waals surface area contributed by atoms with Crippen molar-refractivity contribution in [3.8, 4) is 0 Å². The van der Waals surface area contributed by atoms with Crippen LogP contribution in [0.25, 0.3) is 0 Å². The second-order valence-electron chi connectivity index (χ2n) is 7.04. The average molecular weight is 383 g/mol. The number of ether oxygens (including phenoxy) is 2. The van der Waals surface area contributed by atoms with Crippen LogP contribution >= 0.6 is 0 Å². The average Bonchev–Trinajstić information content (AvgIpc) is 2.64. The SMILES string of the molecule is Cc1ccc(NC(=O)Nc2cccc(CN3CCN(C4OCO4)CC3)c2)cn1. The summed E-state index contributed by atoms with van der Waals surface area (Å²) in [4.78, 5) is 21.0. The minimum atomic E-state index is -0.281. The molecule has 28 heavy (non-hydrogen) atoms. The predicted molar refractivity (Wildman–Crippen MR) is 106 cm³/mol. The lowest BCUT2D eigenvalue weighted by molar-refractivity contribution is -0.377. The highest BCUT2D eigenvalue weighted by molar-refractivity contribution is 5.99. The number of hydrogen-bond donors (Lipinski definition) is 2. The quantitative estimate of drug-likeness (QED) is 0.826. The van der Waals surface area contributed by atoms with Crippen LogP contribution in [0.2, 0.25) is 0 Å². The number of urea groups is 1. The molecule has 3 heterocycles. The fourth-order valence-corrected chi connectivity index (χ4v) is 3.31. The van der Waals surface area contributed by atoms with Crippen LogP contribution in [0.15, 0.2) is 42.6 Å². The zero-order valence-corrected chi connectivity index (χ0v) is 15.9. The highest BCUT2D eigenvalue weighted by Crippen LogP contribution is 2.18. The Kier molecular flexibility index (Phi) is 5.82. The maximum absolute atomic E-state index is 12.2. The monoisotopic (exact) mass is 383 g/mol. The van der Waals surface area contributed by atoms with Gasteiger partial charge in [-0.25, -0.2) is 4.79 Å². The number of hydrogen-bond acceptors (Lipinski definition) is 6. The van der Waals surface area contributed by atoms with E-state index in [0.717, 1.165) is 44.1 Å². The molecule has 0 spiro atoms. The van der Waals surface area contributed by atoms with E-state index in [9.17, 15) is 4.79 Å². The summed E-state index contributed by atoms with van der Waals surface area (Å²) in [5.74, 6) is 0. The maximum Gasteiger partial charge on any atom is 0.323 e. The lowest BCUT2D eigenvalue weighted by Gasteiger charge is -2.41. The van der Waals surface area contributed by atoms with E-state index < -0.39 is 0 Å². The molecule has 1 aromatic carbocycles. The summed E-state index contributed by atoms with van der Waals surface area (Å²) in [6, 6.07) is 11.4. The van der Waals surface area contributed by atoms with Gasteiger partial charge in [0.1, 0.15) is 0 Å². The first-order chi connectivity index (χ1) is 13.7. The van der Waals surface area contributed by atoms with Crippen molar-refractivity contribution in [3.63, 3.8) is 0 Å². The van der Waals surface area contributed by atoms with Gasteiger partial charge in [0.15, 0.2) is 6.79 Å². The molecule has 0 atom stereocenters. The summed E-state index contributed by atoms with van der Waals surface area (Å²) in [6.45, 7) is 6.93. The first kappa shape index (κ1) is 18.8. The summed E-state index contributed by atoms with van der Waals surface area (Å²) >= 11 is 0. The molecule has 0 aliphatic carbocycles. The molecule has 2 aliphatic rings. The van der Waals surface area contributed by atoms with Crippen molar-refractivity contribution in [2.24, 2.45) is 0 Å². The summed E-state index contributed by atoms with van der Waals surface area (Å²) in [5.41, 5.74) is 3.51. The van der Waals surface area contributed by atoms with Gasteiger partial charge in [0.2, 0.25) is 6.41 Å². The van der Waals surface area contributed by atoms with Crippen molar-refractivity contribution in [3.05, 3.63) is 53.9 Å². The number of aromatic nitrogens is 1. The molecule has 1 aromatic heterocycles. The van der Waals surface area contributed by atoms with Crippen LogP contribution in [0, 0.1) is 6.92 Å². The van der Waals surface area contributed by atoms with Crippen molar-refractivity contribution in [1.82, 2.24) is 14.8 Å². The largest absolute Gasteiger partial charge is 0.323 e. The molecule has 2 fully saturated rings. The summed E-state index contributed by atoms with van der Waals surface area (Å²) in [5, 5.41) is 5.67. The van der Waals surface area contributed by atoms with Gasteiger partial charge in [-0.1, -0.05) is 12.1 Å². The van der Waals surface area contributed by atoms with Crippen molar-refractivity contribution >= 4 is 17.4 Å². The molecule has 0 saturated carbocycles. The van der Waals surface area contributed by atoms with Crippen LogP contribution in [-0.4, -0.2) is 60.2 Å². The molecule has 2 aromatic rings. The lowest BCUT2D eigenvalue weighted by Crippen LogP contribution is -2.55. The minimum Gasteiger partial charge on any atom is -0.313 e. The highest BCUT2D eigenvalue weighted by atomic mass is 16.9. The molecule has 8 heteroatoms. The first-order valence-corrected chi connectivity index (χ1v) is 9.45. The molecule has 0 unspecified atom stereocenters. The Bertz CT molecular complexity index is 802. The van der Waals surface area contributed by atoms with E-state index in [4.69, 9.17) is 9.47 Å². The third-order valence-electron chi connectivity index (χ3n) is 4.89. The van der Waals surface area contributed by atoms with E-state index in [1.54, 1.807) is 6.20 Å². The first-order valence-electron chi connectivity index (χ1n) is 9.45. The Morgan fingerprint density at radius 1 is 1.11 bits per heavy atom. The molecule has 2 saturated heterocycles.